The SMILES string of the molecule is NNC(=O)CCCN1C(=O)c2ccccc2NC1c1ccccc1. The number of nitrogens with zero attached hydrogens (tertiary/aromatic N) is 1. The molecule has 0 radical (unpaired) electrons. The second-order valence-corrected chi connectivity index (χ2v) is 5.67. The van der Waals surface area contributed by atoms with Crippen LogP contribution in [0.2, 0.25) is 0 Å². The van der Waals surface area contributed by atoms with Crippen molar-refractivity contribution in [2.45, 2.75) is 19.0 Å². The molecule has 1 aliphatic heterocycles. The van der Waals surface area contributed by atoms with Crippen LogP contribution in [-0.4, -0.2) is 23.3 Å². The summed E-state index contributed by atoms with van der Waals surface area (Å²) in [6.45, 7) is 0.465. The van der Waals surface area contributed by atoms with E-state index in [4.69, 9.17) is 5.84 Å². The molecule has 2 amide bonds. The average Bonchev–Trinajstić information content (AvgIpc) is 2.64. The smallest absolute Gasteiger partial charge is 0.257 e. The number of fused-ring (bicyclic) bond motifs is 1. The van der Waals surface area contributed by atoms with Crippen molar-refractivity contribution >= 4 is 17.5 Å². The van der Waals surface area contributed by atoms with Gasteiger partial charge in [-0.25, -0.2) is 5.84 Å². The third-order valence-corrected chi connectivity index (χ3v) is 4.10. The minimum absolute atomic E-state index is 0.0358. The van der Waals surface area contributed by atoms with E-state index >= 15 is 0 Å². The number of nitrogens with two attached hydrogens (primary N) is 1. The standard InChI is InChI=1S/C18H20N4O2/c19-21-16(23)11-6-12-22-17(13-7-2-1-3-8-13)20-15-10-5-4-9-14(15)18(22)24/h1-5,7-10,17,20H,6,11-12,19H2,(H,21,23). The van der Waals surface area contributed by atoms with Crippen LogP contribution in [0.15, 0.2) is 54.6 Å². The Morgan fingerprint density at radius 2 is 1.83 bits per heavy atom. The molecule has 3 rings (SSSR count). The maximum Gasteiger partial charge on any atom is 0.257 e. The second kappa shape index (κ2) is 7.14. The van der Waals surface area contributed by atoms with Crippen molar-refractivity contribution < 1.29 is 9.59 Å². The maximum absolute atomic E-state index is 12.9. The molecular weight excluding hydrogens is 304 g/mol. The summed E-state index contributed by atoms with van der Waals surface area (Å²) in [6, 6.07) is 17.3. The molecule has 1 atom stereocenters. The van der Waals surface area contributed by atoms with Gasteiger partial charge in [0.2, 0.25) is 5.91 Å². The molecule has 0 aromatic heterocycles. The first-order valence-corrected chi connectivity index (χ1v) is 7.91. The first-order chi connectivity index (χ1) is 11.7. The summed E-state index contributed by atoms with van der Waals surface area (Å²) >= 11 is 0. The minimum Gasteiger partial charge on any atom is -0.361 e. The van der Waals surface area contributed by atoms with Gasteiger partial charge in [0.05, 0.1) is 5.56 Å². The van der Waals surface area contributed by atoms with Crippen molar-refractivity contribution in [2.24, 2.45) is 5.84 Å². The Hall–Kier alpha value is -2.86. The first kappa shape index (κ1) is 16.0. The first-order valence-electron chi connectivity index (χ1n) is 7.91. The van der Waals surface area contributed by atoms with Gasteiger partial charge in [0.1, 0.15) is 6.17 Å². The van der Waals surface area contributed by atoms with E-state index in [2.05, 4.69) is 10.7 Å². The zero-order valence-corrected chi connectivity index (χ0v) is 13.2. The van der Waals surface area contributed by atoms with E-state index in [-0.39, 0.29) is 24.4 Å². The van der Waals surface area contributed by atoms with Crippen LogP contribution in [0.4, 0.5) is 5.69 Å². The van der Waals surface area contributed by atoms with Gasteiger partial charge >= 0.3 is 0 Å². The van der Waals surface area contributed by atoms with Crippen LogP contribution in [0.5, 0.6) is 0 Å². The van der Waals surface area contributed by atoms with Crippen molar-refractivity contribution in [3.63, 3.8) is 0 Å². The molecule has 0 bridgehead atoms. The third-order valence-electron chi connectivity index (χ3n) is 4.10. The number of hydrogen-bond donors (Lipinski definition) is 3. The quantitative estimate of drug-likeness (QED) is 0.446. The predicted molar refractivity (Wildman–Crippen MR) is 91.8 cm³/mol. The topological polar surface area (TPSA) is 87.5 Å². The minimum atomic E-state index is -0.255. The molecule has 2 aromatic carbocycles. The van der Waals surface area contributed by atoms with Crippen LogP contribution < -0.4 is 16.6 Å². The Balaban J connectivity index is 1.86. The number of nitrogens with one attached hydrogen (secondary N) is 2. The lowest BCUT2D eigenvalue weighted by atomic mass is 10.0. The lowest BCUT2D eigenvalue weighted by molar-refractivity contribution is -0.121. The lowest BCUT2D eigenvalue weighted by Crippen LogP contribution is -2.43. The summed E-state index contributed by atoms with van der Waals surface area (Å²) in [5, 5.41) is 3.43. The van der Waals surface area contributed by atoms with Gasteiger partial charge in [0, 0.05) is 18.7 Å². The maximum atomic E-state index is 12.9. The number of rotatable bonds is 5. The van der Waals surface area contributed by atoms with Gasteiger partial charge in [-0.15, -0.1) is 0 Å². The molecule has 1 heterocycles. The highest BCUT2D eigenvalue weighted by Crippen LogP contribution is 2.33. The highest BCUT2D eigenvalue weighted by molar-refractivity contribution is 6.01. The number of hydrazine groups is 1. The number of anilines is 1. The summed E-state index contributed by atoms with van der Waals surface area (Å²) in [5.41, 5.74) is 4.59. The van der Waals surface area contributed by atoms with Gasteiger partial charge in [-0.05, 0) is 24.1 Å². The molecule has 0 aliphatic carbocycles. The number of amides is 2. The number of hydrogen-bond acceptors (Lipinski definition) is 4. The number of carbonyl (C=O) groups is 2. The van der Waals surface area contributed by atoms with Gasteiger partial charge in [0.15, 0.2) is 0 Å². The van der Waals surface area contributed by atoms with Crippen molar-refractivity contribution in [3.8, 4) is 0 Å². The summed E-state index contributed by atoms with van der Waals surface area (Å²) in [5.74, 6) is 4.84. The Labute approximate surface area is 140 Å². The normalized spacial score (nSPS) is 16.3. The van der Waals surface area contributed by atoms with E-state index in [1.165, 1.54) is 0 Å². The Morgan fingerprint density at radius 3 is 2.58 bits per heavy atom. The number of benzene rings is 2. The Kier molecular flexibility index (Phi) is 4.77. The zero-order chi connectivity index (χ0) is 16.9. The highest BCUT2D eigenvalue weighted by Gasteiger charge is 2.32. The van der Waals surface area contributed by atoms with Crippen molar-refractivity contribution in [1.29, 1.82) is 0 Å². The summed E-state index contributed by atoms with van der Waals surface area (Å²) in [4.78, 5) is 26.0. The van der Waals surface area contributed by atoms with E-state index < -0.39 is 0 Å². The van der Waals surface area contributed by atoms with Crippen LogP contribution in [0, 0.1) is 0 Å². The molecule has 0 saturated heterocycles. The number of para-hydroxylation sites is 1. The van der Waals surface area contributed by atoms with Gasteiger partial charge < -0.3 is 10.2 Å². The predicted octanol–water partition coefficient (Wildman–Crippen LogP) is 2.02. The molecule has 2 aromatic rings. The van der Waals surface area contributed by atoms with Crippen LogP contribution in [0.25, 0.3) is 0 Å². The summed E-state index contributed by atoms with van der Waals surface area (Å²) < 4.78 is 0. The highest BCUT2D eigenvalue weighted by atomic mass is 16.2. The van der Waals surface area contributed by atoms with Gasteiger partial charge in [-0.3, -0.25) is 15.0 Å². The van der Waals surface area contributed by atoms with E-state index in [1.807, 2.05) is 54.6 Å². The monoisotopic (exact) mass is 324 g/mol. The van der Waals surface area contributed by atoms with E-state index in [9.17, 15) is 9.59 Å². The van der Waals surface area contributed by atoms with E-state index in [1.54, 1.807) is 4.90 Å². The molecule has 124 valence electrons. The Bertz CT molecular complexity index is 733. The second-order valence-electron chi connectivity index (χ2n) is 5.67. The molecule has 1 unspecified atom stereocenters. The third kappa shape index (κ3) is 3.23. The molecule has 24 heavy (non-hydrogen) atoms. The molecule has 6 nitrogen and oxygen atoms in total. The van der Waals surface area contributed by atoms with Crippen LogP contribution in [0.3, 0.4) is 0 Å². The average molecular weight is 324 g/mol. The van der Waals surface area contributed by atoms with Crippen molar-refractivity contribution in [1.82, 2.24) is 10.3 Å². The van der Waals surface area contributed by atoms with Gasteiger partial charge in [0.25, 0.3) is 5.91 Å². The van der Waals surface area contributed by atoms with Gasteiger partial charge in [-0.2, -0.15) is 0 Å². The van der Waals surface area contributed by atoms with E-state index in [0.717, 1.165) is 11.3 Å². The Morgan fingerprint density at radius 1 is 1.12 bits per heavy atom. The van der Waals surface area contributed by atoms with Crippen molar-refractivity contribution in [2.75, 3.05) is 11.9 Å². The summed E-state index contributed by atoms with van der Waals surface area (Å²) in [6.07, 6.45) is 0.570. The zero-order valence-electron chi connectivity index (χ0n) is 13.2. The molecule has 0 saturated carbocycles. The van der Waals surface area contributed by atoms with Crippen LogP contribution in [0.1, 0.15) is 34.9 Å². The van der Waals surface area contributed by atoms with Crippen LogP contribution >= 0.6 is 0 Å². The van der Waals surface area contributed by atoms with Crippen molar-refractivity contribution in [3.05, 3.63) is 65.7 Å². The molecule has 6 heteroatoms. The van der Waals surface area contributed by atoms with Gasteiger partial charge in [-0.1, -0.05) is 42.5 Å². The largest absolute Gasteiger partial charge is 0.361 e. The fourth-order valence-electron chi connectivity index (χ4n) is 2.90. The molecule has 4 N–H and O–H groups in total. The molecule has 0 spiro atoms. The fourth-order valence-corrected chi connectivity index (χ4v) is 2.90. The number of carbonyl (C=O) groups excluding carboxylic acids is 2. The molecular formula is C18H20N4O2. The van der Waals surface area contributed by atoms with E-state index in [0.29, 0.717) is 18.5 Å². The molecule has 1 aliphatic rings. The fraction of sp³-hybridized carbons (Fsp3) is 0.222. The van der Waals surface area contributed by atoms with Crippen LogP contribution in [-0.2, 0) is 4.79 Å². The lowest BCUT2D eigenvalue weighted by Gasteiger charge is -2.38. The summed E-state index contributed by atoms with van der Waals surface area (Å²) in [7, 11) is 0. The molecule has 0 fully saturated rings.